The van der Waals surface area contributed by atoms with E-state index in [-0.39, 0.29) is 24.3 Å². The zero-order chi connectivity index (χ0) is 16.4. The smallest absolute Gasteiger partial charge is 0.260 e. The number of carbonyl (C=O) groups is 1. The molecule has 0 atom stereocenters. The molecule has 3 rings (SSSR count). The van der Waals surface area contributed by atoms with E-state index < -0.39 is 0 Å². The number of aromatic nitrogens is 2. The first-order chi connectivity index (χ1) is 11.0. The Morgan fingerprint density at radius 3 is 2.87 bits per heavy atom. The Morgan fingerprint density at radius 2 is 2.22 bits per heavy atom. The molecule has 0 spiro atoms. The molecule has 122 valence electrons. The molecule has 23 heavy (non-hydrogen) atoms. The summed E-state index contributed by atoms with van der Waals surface area (Å²) in [7, 11) is 0. The van der Waals surface area contributed by atoms with Crippen LogP contribution in [0.2, 0.25) is 0 Å². The number of rotatable bonds is 5. The van der Waals surface area contributed by atoms with Gasteiger partial charge in [0.05, 0.1) is 5.92 Å². The van der Waals surface area contributed by atoms with Crippen LogP contribution in [0.15, 0.2) is 28.8 Å². The predicted molar refractivity (Wildman–Crippen MR) is 84.4 cm³/mol. The normalized spacial score (nSPS) is 14.9. The van der Waals surface area contributed by atoms with Crippen LogP contribution < -0.4 is 4.74 Å². The van der Waals surface area contributed by atoms with Crippen molar-refractivity contribution in [2.24, 2.45) is 0 Å². The number of hydrogen-bond donors (Lipinski definition) is 0. The van der Waals surface area contributed by atoms with Gasteiger partial charge in [-0.1, -0.05) is 31.1 Å². The molecule has 0 saturated carbocycles. The third-order valence-corrected chi connectivity index (χ3v) is 3.91. The Bertz CT molecular complexity index is 690. The Hall–Kier alpha value is -2.37. The summed E-state index contributed by atoms with van der Waals surface area (Å²) >= 11 is 0. The maximum absolute atomic E-state index is 12.1. The first-order valence-corrected chi connectivity index (χ1v) is 7.83. The molecule has 1 aliphatic heterocycles. The van der Waals surface area contributed by atoms with E-state index in [4.69, 9.17) is 9.26 Å². The van der Waals surface area contributed by atoms with Crippen molar-refractivity contribution >= 4 is 5.91 Å². The lowest BCUT2D eigenvalue weighted by atomic mass is 10.00. The quantitative estimate of drug-likeness (QED) is 0.848. The van der Waals surface area contributed by atoms with Crippen LogP contribution in [0.25, 0.3) is 0 Å². The first kappa shape index (κ1) is 15.5. The molecule has 1 aromatic carbocycles. The van der Waals surface area contributed by atoms with Crippen molar-refractivity contribution in [2.75, 3.05) is 19.7 Å². The van der Waals surface area contributed by atoms with Crippen LogP contribution in [0.4, 0.5) is 0 Å². The summed E-state index contributed by atoms with van der Waals surface area (Å²) in [4.78, 5) is 18.2. The Labute approximate surface area is 135 Å². The Balaban J connectivity index is 1.47. The van der Waals surface area contributed by atoms with E-state index in [9.17, 15) is 4.79 Å². The maximum Gasteiger partial charge on any atom is 0.260 e. The van der Waals surface area contributed by atoms with Gasteiger partial charge in [0.25, 0.3) is 5.91 Å². The van der Waals surface area contributed by atoms with Crippen molar-refractivity contribution in [1.29, 1.82) is 0 Å². The van der Waals surface area contributed by atoms with E-state index in [1.165, 1.54) is 0 Å². The lowest BCUT2D eigenvalue weighted by Crippen LogP contribution is -2.50. The fourth-order valence-corrected chi connectivity index (χ4v) is 2.43. The fourth-order valence-electron chi connectivity index (χ4n) is 2.43. The molecule has 6 heteroatoms. The number of nitrogens with zero attached hydrogens (tertiary/aromatic N) is 3. The number of hydrogen-bond acceptors (Lipinski definition) is 5. The summed E-state index contributed by atoms with van der Waals surface area (Å²) < 4.78 is 10.8. The Morgan fingerprint density at radius 1 is 1.43 bits per heavy atom. The zero-order valence-corrected chi connectivity index (χ0v) is 13.7. The zero-order valence-electron chi connectivity index (χ0n) is 13.7. The summed E-state index contributed by atoms with van der Waals surface area (Å²) in [6.45, 7) is 7.30. The molecule has 2 aromatic rings. The van der Waals surface area contributed by atoms with Crippen molar-refractivity contribution in [2.45, 2.75) is 32.6 Å². The summed E-state index contributed by atoms with van der Waals surface area (Å²) in [5.74, 6) is 2.41. The summed E-state index contributed by atoms with van der Waals surface area (Å²) in [5.41, 5.74) is 1.11. The van der Waals surface area contributed by atoms with Gasteiger partial charge in [-0.25, -0.2) is 0 Å². The second-order valence-corrected chi connectivity index (χ2v) is 6.25. The number of benzene rings is 1. The monoisotopic (exact) mass is 315 g/mol. The molecular weight excluding hydrogens is 294 g/mol. The minimum Gasteiger partial charge on any atom is -0.484 e. The lowest BCUT2D eigenvalue weighted by molar-refractivity contribution is -0.138. The van der Waals surface area contributed by atoms with Crippen LogP contribution in [-0.2, 0) is 4.79 Å². The SMILES string of the molecule is Cc1cccc(OCC(=O)N2CC(c3nc(C(C)C)no3)C2)c1. The van der Waals surface area contributed by atoms with Crippen molar-refractivity contribution in [3.05, 3.63) is 41.5 Å². The topological polar surface area (TPSA) is 68.5 Å². The number of ether oxygens (including phenoxy) is 1. The largest absolute Gasteiger partial charge is 0.484 e. The molecule has 0 radical (unpaired) electrons. The molecule has 6 nitrogen and oxygen atoms in total. The third-order valence-electron chi connectivity index (χ3n) is 3.91. The van der Waals surface area contributed by atoms with E-state index >= 15 is 0 Å². The standard InChI is InChI=1S/C17H21N3O3/c1-11(2)16-18-17(23-19-16)13-8-20(9-13)15(21)10-22-14-6-4-5-12(3)7-14/h4-7,11,13H,8-10H2,1-3H3. The van der Waals surface area contributed by atoms with Crippen molar-refractivity contribution < 1.29 is 14.1 Å². The third kappa shape index (κ3) is 3.52. The minimum absolute atomic E-state index is 0.0219. The summed E-state index contributed by atoms with van der Waals surface area (Å²) in [6.07, 6.45) is 0. The van der Waals surface area contributed by atoms with Crippen LogP contribution in [0.1, 0.15) is 43.0 Å². The molecule has 0 aliphatic carbocycles. The molecular formula is C17H21N3O3. The van der Waals surface area contributed by atoms with Crippen molar-refractivity contribution in [1.82, 2.24) is 15.0 Å². The number of carbonyl (C=O) groups excluding carboxylic acids is 1. The summed E-state index contributed by atoms with van der Waals surface area (Å²) in [6, 6.07) is 7.67. The second kappa shape index (κ2) is 6.40. The van der Waals surface area contributed by atoms with Gasteiger partial charge < -0.3 is 14.2 Å². The molecule has 0 bridgehead atoms. The van der Waals surface area contributed by atoms with Gasteiger partial charge in [-0.05, 0) is 24.6 Å². The molecule has 1 amide bonds. The van der Waals surface area contributed by atoms with E-state index in [2.05, 4.69) is 10.1 Å². The minimum atomic E-state index is -0.0219. The molecule has 2 heterocycles. The number of aryl methyl sites for hydroxylation is 1. The predicted octanol–water partition coefficient (Wildman–Crippen LogP) is 2.51. The van der Waals surface area contributed by atoms with Gasteiger partial charge in [0, 0.05) is 19.0 Å². The van der Waals surface area contributed by atoms with E-state index in [1.807, 2.05) is 45.0 Å². The molecule has 1 saturated heterocycles. The number of amides is 1. The Kier molecular flexibility index (Phi) is 4.32. The maximum atomic E-state index is 12.1. The molecule has 1 fully saturated rings. The molecule has 1 aliphatic rings. The first-order valence-electron chi connectivity index (χ1n) is 7.83. The van der Waals surface area contributed by atoms with Crippen LogP contribution in [0.3, 0.4) is 0 Å². The van der Waals surface area contributed by atoms with Crippen LogP contribution in [0, 0.1) is 6.92 Å². The van der Waals surface area contributed by atoms with Gasteiger partial charge in [-0.2, -0.15) is 4.98 Å². The molecule has 0 unspecified atom stereocenters. The highest BCUT2D eigenvalue weighted by Gasteiger charge is 2.35. The van der Waals surface area contributed by atoms with Crippen LogP contribution >= 0.6 is 0 Å². The average Bonchev–Trinajstić information content (AvgIpc) is 2.93. The highest BCUT2D eigenvalue weighted by Crippen LogP contribution is 2.26. The van der Waals surface area contributed by atoms with E-state index in [0.29, 0.717) is 30.6 Å². The second-order valence-electron chi connectivity index (χ2n) is 6.25. The fraction of sp³-hybridized carbons (Fsp3) is 0.471. The average molecular weight is 315 g/mol. The van der Waals surface area contributed by atoms with Gasteiger partial charge >= 0.3 is 0 Å². The van der Waals surface area contributed by atoms with E-state index in [0.717, 1.165) is 5.56 Å². The van der Waals surface area contributed by atoms with E-state index in [1.54, 1.807) is 4.90 Å². The van der Waals surface area contributed by atoms with Gasteiger partial charge in [0.2, 0.25) is 5.89 Å². The lowest BCUT2D eigenvalue weighted by Gasteiger charge is -2.36. The summed E-state index contributed by atoms with van der Waals surface area (Å²) in [5, 5.41) is 3.96. The van der Waals surface area contributed by atoms with Crippen molar-refractivity contribution in [3.63, 3.8) is 0 Å². The molecule has 0 N–H and O–H groups in total. The highest BCUT2D eigenvalue weighted by atomic mass is 16.5. The number of likely N-dealkylation sites (tertiary alicyclic amines) is 1. The van der Waals surface area contributed by atoms with Crippen LogP contribution in [0.5, 0.6) is 5.75 Å². The highest BCUT2D eigenvalue weighted by molar-refractivity contribution is 5.78. The van der Waals surface area contributed by atoms with Crippen LogP contribution in [-0.4, -0.2) is 40.6 Å². The van der Waals surface area contributed by atoms with Gasteiger partial charge in [-0.15, -0.1) is 0 Å². The van der Waals surface area contributed by atoms with Gasteiger partial charge in [0.1, 0.15) is 5.75 Å². The van der Waals surface area contributed by atoms with Gasteiger partial charge in [-0.3, -0.25) is 4.79 Å². The molecule has 1 aromatic heterocycles. The van der Waals surface area contributed by atoms with Gasteiger partial charge in [0.15, 0.2) is 12.4 Å². The van der Waals surface area contributed by atoms with Crippen molar-refractivity contribution in [3.8, 4) is 5.75 Å².